The number of carbonyl (C=O) groups is 1. The average molecular weight is 378 g/mol. The van der Waals surface area contributed by atoms with Crippen LogP contribution in [0, 0.1) is 5.92 Å². The molecule has 1 aliphatic rings. The molecule has 28 heavy (non-hydrogen) atoms. The molecule has 2 atom stereocenters. The fraction of sp³-hybridized carbons (Fsp3) is 0.348. The summed E-state index contributed by atoms with van der Waals surface area (Å²) in [6.45, 7) is 6.51. The molecule has 2 N–H and O–H groups in total. The molecule has 3 aromatic rings. The monoisotopic (exact) mass is 378 g/mol. The van der Waals surface area contributed by atoms with Gasteiger partial charge in [-0.3, -0.25) is 4.79 Å². The van der Waals surface area contributed by atoms with Crippen LogP contribution in [-0.2, 0) is 4.79 Å². The highest BCUT2D eigenvalue weighted by atomic mass is 16.7. The van der Waals surface area contributed by atoms with Gasteiger partial charge in [-0.15, -0.1) is 0 Å². The largest absolute Gasteiger partial charge is 0.454 e. The van der Waals surface area contributed by atoms with Gasteiger partial charge >= 0.3 is 0 Å². The smallest absolute Gasteiger partial charge is 0.231 e. The second kappa shape index (κ2) is 7.58. The van der Waals surface area contributed by atoms with Crippen molar-refractivity contribution in [2.45, 2.75) is 39.2 Å². The molecule has 0 aliphatic carbocycles. The summed E-state index contributed by atoms with van der Waals surface area (Å²) >= 11 is 0. The van der Waals surface area contributed by atoms with Gasteiger partial charge in [0.25, 0.3) is 0 Å². The predicted octanol–water partition coefficient (Wildman–Crippen LogP) is 4.58. The lowest BCUT2D eigenvalue weighted by atomic mass is 9.87. The van der Waals surface area contributed by atoms with E-state index in [1.54, 1.807) is 0 Å². The lowest BCUT2D eigenvalue weighted by Crippen LogP contribution is -2.36. The molecule has 0 bridgehead atoms. The summed E-state index contributed by atoms with van der Waals surface area (Å²) in [5, 5.41) is 4.27. The van der Waals surface area contributed by atoms with Gasteiger partial charge in [-0.2, -0.15) is 0 Å². The number of H-pyrrole nitrogens is 1. The maximum atomic E-state index is 12.8. The molecule has 0 radical (unpaired) electrons. The zero-order chi connectivity index (χ0) is 19.7. The Hall–Kier alpha value is -2.95. The third-order valence-corrected chi connectivity index (χ3v) is 5.57. The number of aromatic amines is 1. The number of nitrogens with one attached hydrogen (secondary N) is 2. The van der Waals surface area contributed by atoms with Crippen molar-refractivity contribution >= 4 is 16.8 Å². The van der Waals surface area contributed by atoms with Crippen molar-refractivity contribution in [3.05, 3.63) is 59.8 Å². The van der Waals surface area contributed by atoms with Crippen LogP contribution in [0.25, 0.3) is 10.9 Å². The Bertz CT molecular complexity index is 992. The van der Waals surface area contributed by atoms with E-state index in [0.29, 0.717) is 12.3 Å². The van der Waals surface area contributed by atoms with E-state index in [4.69, 9.17) is 9.47 Å². The first kappa shape index (κ1) is 18.4. The lowest BCUT2D eigenvalue weighted by molar-refractivity contribution is -0.122. The first-order valence-corrected chi connectivity index (χ1v) is 9.78. The molecule has 2 heterocycles. The summed E-state index contributed by atoms with van der Waals surface area (Å²) < 4.78 is 11.0. The van der Waals surface area contributed by atoms with Crippen LogP contribution < -0.4 is 14.8 Å². The highest BCUT2D eigenvalue weighted by Crippen LogP contribution is 2.39. The zero-order valence-electron chi connectivity index (χ0n) is 16.5. The zero-order valence-corrected chi connectivity index (χ0v) is 16.5. The van der Waals surface area contributed by atoms with Crippen LogP contribution >= 0.6 is 0 Å². The highest BCUT2D eigenvalue weighted by Gasteiger charge is 2.25. The van der Waals surface area contributed by atoms with Crippen molar-refractivity contribution < 1.29 is 14.3 Å². The Morgan fingerprint density at radius 1 is 1.11 bits per heavy atom. The first-order chi connectivity index (χ1) is 13.5. The van der Waals surface area contributed by atoms with Crippen molar-refractivity contribution in [2.24, 2.45) is 5.92 Å². The van der Waals surface area contributed by atoms with Crippen LogP contribution in [0.3, 0.4) is 0 Å². The number of carbonyl (C=O) groups excluding carboxylic acids is 1. The quantitative estimate of drug-likeness (QED) is 0.660. The van der Waals surface area contributed by atoms with Gasteiger partial charge in [-0.25, -0.2) is 0 Å². The van der Waals surface area contributed by atoms with E-state index in [9.17, 15) is 4.79 Å². The Morgan fingerprint density at radius 3 is 2.71 bits per heavy atom. The summed E-state index contributed by atoms with van der Waals surface area (Å²) in [4.78, 5) is 16.2. The van der Waals surface area contributed by atoms with Gasteiger partial charge in [0, 0.05) is 35.5 Å². The molecule has 0 saturated carbocycles. The molecule has 5 nitrogen and oxygen atoms in total. The second-order valence-corrected chi connectivity index (χ2v) is 7.76. The van der Waals surface area contributed by atoms with E-state index in [1.165, 1.54) is 0 Å². The van der Waals surface area contributed by atoms with Gasteiger partial charge in [-0.1, -0.05) is 38.1 Å². The second-order valence-electron chi connectivity index (χ2n) is 7.76. The highest BCUT2D eigenvalue weighted by molar-refractivity contribution is 5.86. The molecule has 0 fully saturated rings. The van der Waals surface area contributed by atoms with Gasteiger partial charge in [0.15, 0.2) is 11.5 Å². The normalized spacial score (nSPS) is 15.0. The van der Waals surface area contributed by atoms with E-state index >= 15 is 0 Å². The van der Waals surface area contributed by atoms with Crippen molar-refractivity contribution in [1.82, 2.24) is 10.3 Å². The topological polar surface area (TPSA) is 63.4 Å². The van der Waals surface area contributed by atoms with Gasteiger partial charge in [0.2, 0.25) is 12.7 Å². The molecule has 1 aliphatic heterocycles. The third-order valence-electron chi connectivity index (χ3n) is 5.57. The minimum Gasteiger partial charge on any atom is -0.454 e. The maximum Gasteiger partial charge on any atom is 0.231 e. The molecular weight excluding hydrogens is 352 g/mol. The number of ether oxygens (including phenoxy) is 2. The molecule has 4 rings (SSSR count). The number of hydrogen-bond donors (Lipinski definition) is 2. The molecule has 0 saturated heterocycles. The fourth-order valence-electron chi connectivity index (χ4n) is 3.58. The van der Waals surface area contributed by atoms with Gasteiger partial charge in [-0.05, 0) is 42.2 Å². The van der Waals surface area contributed by atoms with Crippen LogP contribution in [0.2, 0.25) is 0 Å². The van der Waals surface area contributed by atoms with Crippen molar-refractivity contribution in [1.29, 1.82) is 0 Å². The SMILES string of the molecule is CC(C)[C@H](C)NC(=O)C[C@@H](c1ccc2c(c1)OCO2)c1c[nH]c2ccccc12. The number of fused-ring (bicyclic) bond motifs is 2. The van der Waals surface area contributed by atoms with E-state index in [2.05, 4.69) is 36.3 Å². The minimum atomic E-state index is -0.0787. The number of rotatable bonds is 6. The molecule has 1 amide bonds. The number of aromatic nitrogens is 1. The van der Waals surface area contributed by atoms with E-state index in [1.807, 2.05) is 43.5 Å². The standard InChI is InChI=1S/C23H26N2O3/c1-14(2)15(3)25-23(26)11-18(16-8-9-21-22(10-16)28-13-27-21)19-12-24-20-7-5-4-6-17(19)20/h4-10,12,14-15,18,24H,11,13H2,1-3H3,(H,25,26)/t15-,18-/m0/s1. The number of amides is 1. The van der Waals surface area contributed by atoms with Crippen LogP contribution in [0.15, 0.2) is 48.7 Å². The average Bonchev–Trinajstić information content (AvgIpc) is 3.32. The Morgan fingerprint density at radius 2 is 1.89 bits per heavy atom. The summed E-state index contributed by atoms with van der Waals surface area (Å²) in [6.07, 6.45) is 2.39. The first-order valence-electron chi connectivity index (χ1n) is 9.78. The summed E-state index contributed by atoms with van der Waals surface area (Å²) in [5.41, 5.74) is 3.22. The minimum absolute atomic E-state index is 0.0501. The summed E-state index contributed by atoms with van der Waals surface area (Å²) in [7, 11) is 0. The lowest BCUT2D eigenvalue weighted by Gasteiger charge is -2.21. The number of benzene rings is 2. The van der Waals surface area contributed by atoms with Crippen LogP contribution in [-0.4, -0.2) is 23.7 Å². The molecule has 2 aromatic carbocycles. The van der Waals surface area contributed by atoms with Gasteiger partial charge in [0.1, 0.15) is 0 Å². The van der Waals surface area contributed by atoms with Crippen molar-refractivity contribution in [3.8, 4) is 11.5 Å². The number of hydrogen-bond acceptors (Lipinski definition) is 3. The van der Waals surface area contributed by atoms with Crippen molar-refractivity contribution in [2.75, 3.05) is 6.79 Å². The molecule has 1 aromatic heterocycles. The fourth-order valence-corrected chi connectivity index (χ4v) is 3.58. The van der Waals surface area contributed by atoms with E-state index in [0.717, 1.165) is 33.5 Å². The van der Waals surface area contributed by atoms with E-state index in [-0.39, 0.29) is 24.7 Å². The Balaban J connectivity index is 1.70. The summed E-state index contributed by atoms with van der Waals surface area (Å²) in [6, 6.07) is 14.3. The van der Waals surface area contributed by atoms with Crippen LogP contribution in [0.5, 0.6) is 11.5 Å². The van der Waals surface area contributed by atoms with Crippen molar-refractivity contribution in [3.63, 3.8) is 0 Å². The summed E-state index contributed by atoms with van der Waals surface area (Å²) in [5.74, 6) is 1.85. The molecule has 5 heteroatoms. The van der Waals surface area contributed by atoms with E-state index < -0.39 is 0 Å². The molecule has 146 valence electrons. The van der Waals surface area contributed by atoms with Gasteiger partial charge in [0.05, 0.1) is 0 Å². The third kappa shape index (κ3) is 3.57. The van der Waals surface area contributed by atoms with Crippen LogP contribution in [0.4, 0.5) is 0 Å². The van der Waals surface area contributed by atoms with Crippen LogP contribution in [0.1, 0.15) is 44.2 Å². The molecule has 0 unspecified atom stereocenters. The Labute approximate surface area is 165 Å². The molecular formula is C23H26N2O3. The number of para-hydroxylation sites is 1. The molecule has 0 spiro atoms. The maximum absolute atomic E-state index is 12.8. The predicted molar refractivity (Wildman–Crippen MR) is 110 cm³/mol. The Kier molecular flexibility index (Phi) is 4.99. The van der Waals surface area contributed by atoms with Gasteiger partial charge < -0.3 is 19.8 Å².